The summed E-state index contributed by atoms with van der Waals surface area (Å²) in [5.74, 6) is 0.685. The Kier molecular flexibility index (Phi) is 7.19. The molecule has 0 aliphatic carbocycles. The molecule has 1 amide bonds. The van der Waals surface area contributed by atoms with Crippen LogP contribution in [0.4, 0.5) is 11.4 Å². The third kappa shape index (κ3) is 4.94. The van der Waals surface area contributed by atoms with Crippen molar-refractivity contribution in [2.75, 3.05) is 11.1 Å². The molecular weight excluding hydrogens is 428 g/mol. The van der Waals surface area contributed by atoms with Gasteiger partial charge < -0.3 is 5.32 Å². The van der Waals surface area contributed by atoms with Crippen molar-refractivity contribution in [2.45, 2.75) is 32.1 Å². The lowest BCUT2D eigenvalue weighted by Crippen LogP contribution is -2.23. The number of hydrogen-bond donors (Lipinski definition) is 1. The summed E-state index contributed by atoms with van der Waals surface area (Å²) in [5, 5.41) is 14.2. The summed E-state index contributed by atoms with van der Waals surface area (Å²) in [6.45, 7) is 5.92. The van der Waals surface area contributed by atoms with E-state index in [4.69, 9.17) is 0 Å². The minimum Gasteiger partial charge on any atom is -0.316 e. The second-order valence-corrected chi connectivity index (χ2v) is 9.00. The zero-order valence-corrected chi connectivity index (χ0v) is 19.3. The largest absolute Gasteiger partial charge is 0.316 e. The van der Waals surface area contributed by atoms with E-state index in [0.717, 1.165) is 12.2 Å². The number of nitro benzene ring substituents is 1. The third-order valence-electron chi connectivity index (χ3n) is 5.16. The lowest BCUT2D eigenvalue weighted by Gasteiger charge is -2.08. The molecule has 8 nitrogen and oxygen atoms in total. The van der Waals surface area contributed by atoms with E-state index in [1.807, 2.05) is 18.2 Å². The zero-order valence-electron chi connectivity index (χ0n) is 18.5. The topological polar surface area (TPSA) is 99.2 Å². The summed E-state index contributed by atoms with van der Waals surface area (Å²) in [7, 11) is 1.73. The second-order valence-electron chi connectivity index (χ2n) is 7.86. The number of carbonyl (C=O) groups excluding carboxylic acids is 1. The molecule has 2 aromatic carbocycles. The van der Waals surface area contributed by atoms with Crippen LogP contribution in [-0.2, 0) is 7.05 Å². The van der Waals surface area contributed by atoms with Crippen molar-refractivity contribution in [1.29, 1.82) is 0 Å². The first-order valence-electron chi connectivity index (χ1n) is 10.3. The Morgan fingerprint density at radius 2 is 1.88 bits per heavy atom. The average molecular weight is 455 g/mol. The Bertz CT molecular complexity index is 1200. The Hall–Kier alpha value is -3.33. The summed E-state index contributed by atoms with van der Waals surface area (Å²) in [6.07, 6.45) is 0.936. The van der Waals surface area contributed by atoms with Gasteiger partial charge in [-0.25, -0.2) is 4.68 Å². The zero-order chi connectivity index (χ0) is 23.4. The summed E-state index contributed by atoms with van der Waals surface area (Å²) >= 11 is 1.41. The van der Waals surface area contributed by atoms with E-state index >= 15 is 0 Å². The molecule has 0 spiro atoms. The van der Waals surface area contributed by atoms with E-state index in [0.29, 0.717) is 22.2 Å². The molecule has 0 radical (unpaired) electrons. The van der Waals surface area contributed by atoms with Crippen molar-refractivity contribution in [2.24, 2.45) is 13.0 Å². The Balaban J connectivity index is 1.89. The highest BCUT2D eigenvalue weighted by Gasteiger charge is 2.22. The molecule has 32 heavy (non-hydrogen) atoms. The van der Waals surface area contributed by atoms with Crippen molar-refractivity contribution in [3.05, 3.63) is 80.3 Å². The van der Waals surface area contributed by atoms with Gasteiger partial charge in [0, 0.05) is 18.7 Å². The summed E-state index contributed by atoms with van der Waals surface area (Å²) in [4.78, 5) is 37.5. The number of para-hydroxylation sites is 1. The molecular formula is C23H26N4O4S. The number of rotatable bonds is 8. The van der Waals surface area contributed by atoms with Crippen molar-refractivity contribution in [3.8, 4) is 5.69 Å². The first-order valence-corrected chi connectivity index (χ1v) is 11.3. The van der Waals surface area contributed by atoms with Crippen LogP contribution in [0.2, 0.25) is 0 Å². The molecule has 1 N–H and O–H groups in total. The quantitative estimate of drug-likeness (QED) is 0.300. The molecule has 1 aromatic heterocycles. The van der Waals surface area contributed by atoms with Gasteiger partial charge in [-0.05, 0) is 49.3 Å². The molecule has 0 bridgehead atoms. The smallest absolute Gasteiger partial charge is 0.295 e. The average Bonchev–Trinajstić information content (AvgIpc) is 2.97. The molecule has 168 valence electrons. The molecule has 0 fully saturated rings. The SMILES string of the molecule is Cc1c(NC(=O)c2ccc(SCCC(C)C)c([N+](=O)[O-])c2)c(=O)n(-c2ccccc2)n1C. The van der Waals surface area contributed by atoms with Crippen molar-refractivity contribution < 1.29 is 9.72 Å². The van der Waals surface area contributed by atoms with Crippen molar-refractivity contribution in [1.82, 2.24) is 9.36 Å². The fourth-order valence-corrected chi connectivity index (χ4v) is 4.48. The van der Waals surface area contributed by atoms with Gasteiger partial charge in [0.2, 0.25) is 0 Å². The highest BCUT2D eigenvalue weighted by Crippen LogP contribution is 2.31. The normalized spacial score (nSPS) is 11.0. The van der Waals surface area contributed by atoms with Gasteiger partial charge in [-0.15, -0.1) is 11.8 Å². The first kappa shape index (κ1) is 23.3. The number of hydrogen-bond acceptors (Lipinski definition) is 5. The molecule has 0 unspecified atom stereocenters. The number of carbonyl (C=O) groups is 1. The van der Waals surface area contributed by atoms with E-state index in [2.05, 4.69) is 19.2 Å². The van der Waals surface area contributed by atoms with Gasteiger partial charge in [-0.2, -0.15) is 0 Å². The van der Waals surface area contributed by atoms with Crippen LogP contribution in [-0.4, -0.2) is 25.9 Å². The molecule has 3 aromatic rings. The molecule has 0 atom stereocenters. The predicted molar refractivity (Wildman–Crippen MR) is 127 cm³/mol. The first-order chi connectivity index (χ1) is 15.2. The van der Waals surface area contributed by atoms with Gasteiger partial charge in [-0.1, -0.05) is 32.0 Å². The minimum absolute atomic E-state index is 0.113. The highest BCUT2D eigenvalue weighted by atomic mass is 32.2. The van der Waals surface area contributed by atoms with E-state index in [1.165, 1.54) is 22.5 Å². The number of nitrogens with zero attached hydrogens (tertiary/aromatic N) is 3. The van der Waals surface area contributed by atoms with Crippen LogP contribution in [0.25, 0.3) is 5.69 Å². The van der Waals surface area contributed by atoms with Crippen LogP contribution >= 0.6 is 11.8 Å². The van der Waals surface area contributed by atoms with Gasteiger partial charge >= 0.3 is 0 Å². The van der Waals surface area contributed by atoms with Gasteiger partial charge in [-0.3, -0.25) is 24.4 Å². The molecule has 3 rings (SSSR count). The van der Waals surface area contributed by atoms with Crippen LogP contribution < -0.4 is 10.9 Å². The lowest BCUT2D eigenvalue weighted by molar-refractivity contribution is -0.387. The number of benzene rings is 2. The Morgan fingerprint density at radius 1 is 1.19 bits per heavy atom. The summed E-state index contributed by atoms with van der Waals surface area (Å²) in [6, 6.07) is 13.5. The molecule has 0 saturated heterocycles. The van der Waals surface area contributed by atoms with E-state index < -0.39 is 10.8 Å². The monoisotopic (exact) mass is 454 g/mol. The number of nitrogens with one attached hydrogen (secondary N) is 1. The maximum absolute atomic E-state index is 13.0. The Morgan fingerprint density at radius 3 is 2.50 bits per heavy atom. The molecule has 1 heterocycles. The number of aromatic nitrogens is 2. The van der Waals surface area contributed by atoms with Crippen molar-refractivity contribution in [3.63, 3.8) is 0 Å². The van der Waals surface area contributed by atoms with Crippen LogP contribution in [0.5, 0.6) is 0 Å². The van der Waals surface area contributed by atoms with Crippen LogP contribution in [0.1, 0.15) is 36.3 Å². The number of anilines is 1. The van der Waals surface area contributed by atoms with Gasteiger partial charge in [0.15, 0.2) is 0 Å². The van der Waals surface area contributed by atoms with Crippen molar-refractivity contribution >= 4 is 29.0 Å². The second kappa shape index (κ2) is 9.86. The fourth-order valence-electron chi connectivity index (χ4n) is 3.23. The lowest BCUT2D eigenvalue weighted by atomic mass is 10.2. The van der Waals surface area contributed by atoms with Crippen LogP contribution in [0, 0.1) is 23.0 Å². The van der Waals surface area contributed by atoms with Crippen LogP contribution in [0.15, 0.2) is 58.2 Å². The Labute approximate surface area is 190 Å². The van der Waals surface area contributed by atoms with Gasteiger partial charge in [0.05, 0.1) is 21.2 Å². The number of thioether (sulfide) groups is 1. The highest BCUT2D eigenvalue weighted by molar-refractivity contribution is 7.99. The molecule has 0 aliphatic heterocycles. The van der Waals surface area contributed by atoms with Gasteiger partial charge in [0.1, 0.15) is 5.69 Å². The third-order valence-corrected chi connectivity index (χ3v) is 6.26. The summed E-state index contributed by atoms with van der Waals surface area (Å²) in [5.41, 5.74) is 1.01. The standard InChI is InChI=1S/C23H26N4O4S/c1-15(2)12-13-32-20-11-10-17(14-19(20)27(30)31)22(28)24-21-16(3)25(4)26(23(21)29)18-8-6-5-7-9-18/h5-11,14-15H,12-13H2,1-4H3,(H,24,28). The molecule has 0 saturated carbocycles. The van der Waals surface area contributed by atoms with E-state index in [1.54, 1.807) is 42.9 Å². The predicted octanol–water partition coefficient (Wildman–Crippen LogP) is 4.78. The van der Waals surface area contributed by atoms with E-state index in [-0.39, 0.29) is 22.5 Å². The molecule has 0 aliphatic rings. The maximum Gasteiger partial charge on any atom is 0.295 e. The maximum atomic E-state index is 13.0. The number of nitro groups is 1. The van der Waals surface area contributed by atoms with Crippen LogP contribution in [0.3, 0.4) is 0 Å². The molecule has 9 heteroatoms. The minimum atomic E-state index is -0.571. The van der Waals surface area contributed by atoms with Gasteiger partial charge in [0.25, 0.3) is 17.2 Å². The summed E-state index contributed by atoms with van der Waals surface area (Å²) < 4.78 is 3.12. The fraction of sp³-hybridized carbons (Fsp3) is 0.304. The van der Waals surface area contributed by atoms with E-state index in [9.17, 15) is 19.7 Å². The number of amides is 1.